The normalized spacial score (nSPS) is 38.7. The van der Waals surface area contributed by atoms with Crippen LogP contribution in [0.4, 0.5) is 13.2 Å². The molecule has 0 unspecified atom stereocenters. The van der Waals surface area contributed by atoms with Crippen LogP contribution in [0.3, 0.4) is 0 Å². The molecule has 0 spiro atoms. The smallest absolute Gasteiger partial charge is 0.388 e. The van der Waals surface area contributed by atoms with E-state index < -0.39 is 46.3 Å². The van der Waals surface area contributed by atoms with E-state index >= 15 is 0 Å². The Balaban J connectivity index is 2.86. The molecular weight excluding hydrogens is 285 g/mol. The van der Waals surface area contributed by atoms with Crippen LogP contribution in [0.25, 0.3) is 0 Å². The Morgan fingerprint density at radius 2 is 1.61 bits per heavy atom. The summed E-state index contributed by atoms with van der Waals surface area (Å²) in [4.78, 5) is 0. The van der Waals surface area contributed by atoms with Crippen molar-refractivity contribution in [2.45, 2.75) is 43.1 Å². The number of alkyl halides is 3. The third kappa shape index (κ3) is 2.92. The minimum atomic E-state index is -5.97. The zero-order valence-electron chi connectivity index (χ0n) is 8.90. The van der Waals surface area contributed by atoms with Crippen LogP contribution in [0.5, 0.6) is 0 Å². The average molecular weight is 296 g/mol. The maximum atomic E-state index is 12.0. The Bertz CT molecular complexity index is 394. The molecule has 1 heterocycles. The third-order valence-corrected chi connectivity index (χ3v) is 3.32. The molecule has 108 valence electrons. The number of aliphatic hydroxyl groups excluding tert-OH is 3. The number of hydrogen-bond donors (Lipinski definition) is 3. The molecule has 1 saturated heterocycles. The van der Waals surface area contributed by atoms with Gasteiger partial charge >= 0.3 is 15.6 Å². The van der Waals surface area contributed by atoms with Crippen molar-refractivity contribution >= 4 is 10.1 Å². The second-order valence-electron chi connectivity index (χ2n) is 3.68. The topological polar surface area (TPSA) is 113 Å². The fourth-order valence-corrected chi connectivity index (χ4v) is 1.79. The molecule has 1 aliphatic heterocycles. The highest BCUT2D eigenvalue weighted by Gasteiger charge is 2.52. The van der Waals surface area contributed by atoms with E-state index in [4.69, 9.17) is 0 Å². The van der Waals surface area contributed by atoms with Crippen molar-refractivity contribution < 1.29 is 45.8 Å². The quantitative estimate of drug-likeness (QED) is 0.428. The molecule has 1 aliphatic rings. The summed E-state index contributed by atoms with van der Waals surface area (Å²) in [7, 11) is -5.97. The highest BCUT2D eigenvalue weighted by molar-refractivity contribution is 7.87. The minimum absolute atomic E-state index is 1.16. The predicted molar refractivity (Wildman–Crippen MR) is 48.4 cm³/mol. The van der Waals surface area contributed by atoms with Gasteiger partial charge in [0.1, 0.15) is 18.3 Å². The Morgan fingerprint density at radius 1 is 1.11 bits per heavy atom. The van der Waals surface area contributed by atoms with Gasteiger partial charge in [0.25, 0.3) is 0 Å². The lowest BCUT2D eigenvalue weighted by Gasteiger charge is -2.38. The maximum absolute atomic E-state index is 12.0. The molecule has 18 heavy (non-hydrogen) atoms. The Hall–Kier alpha value is -0.460. The fourth-order valence-electron chi connectivity index (χ4n) is 1.27. The first kappa shape index (κ1) is 15.6. The molecule has 3 N–H and O–H groups in total. The van der Waals surface area contributed by atoms with Gasteiger partial charge < -0.3 is 20.1 Å². The van der Waals surface area contributed by atoms with E-state index in [0.29, 0.717) is 0 Å². The molecule has 0 amide bonds. The Labute approximate surface area is 99.9 Å². The van der Waals surface area contributed by atoms with Gasteiger partial charge in [-0.15, -0.1) is 0 Å². The molecule has 0 aromatic carbocycles. The molecule has 0 bridgehead atoms. The highest BCUT2D eigenvalue weighted by Crippen LogP contribution is 2.29. The first-order chi connectivity index (χ1) is 7.97. The summed E-state index contributed by atoms with van der Waals surface area (Å²) in [6, 6.07) is 0. The van der Waals surface area contributed by atoms with Gasteiger partial charge in [-0.1, -0.05) is 0 Å². The molecule has 1 rings (SSSR count). The molecule has 7 nitrogen and oxygen atoms in total. The summed E-state index contributed by atoms with van der Waals surface area (Å²) in [6.45, 7) is 1.16. The van der Waals surface area contributed by atoms with Crippen LogP contribution in [0.1, 0.15) is 6.92 Å². The second-order valence-corrected chi connectivity index (χ2v) is 5.24. The SMILES string of the molecule is C[C@@H]1O[C@@H](OS(=O)(=O)C(F)(F)F)[C@H](O)[C@H](O)[C@H]1O. The second kappa shape index (κ2) is 4.90. The first-order valence-corrected chi connectivity index (χ1v) is 6.07. The lowest BCUT2D eigenvalue weighted by Crippen LogP contribution is -2.58. The van der Waals surface area contributed by atoms with E-state index in [0.717, 1.165) is 6.92 Å². The molecule has 0 aliphatic carbocycles. The van der Waals surface area contributed by atoms with Gasteiger partial charge in [0, 0.05) is 0 Å². The van der Waals surface area contributed by atoms with Gasteiger partial charge in [0.05, 0.1) is 6.10 Å². The van der Waals surface area contributed by atoms with E-state index in [-0.39, 0.29) is 0 Å². The fraction of sp³-hybridized carbons (Fsp3) is 1.00. The van der Waals surface area contributed by atoms with Crippen molar-refractivity contribution in [2.75, 3.05) is 0 Å². The van der Waals surface area contributed by atoms with E-state index in [1.807, 2.05) is 0 Å². The highest BCUT2D eigenvalue weighted by atomic mass is 32.2. The number of aliphatic hydroxyl groups is 3. The van der Waals surface area contributed by atoms with Crippen molar-refractivity contribution in [2.24, 2.45) is 0 Å². The van der Waals surface area contributed by atoms with Crippen LogP contribution < -0.4 is 0 Å². The number of ether oxygens (including phenoxy) is 1. The zero-order valence-corrected chi connectivity index (χ0v) is 9.72. The van der Waals surface area contributed by atoms with Gasteiger partial charge in [0.15, 0.2) is 0 Å². The Kier molecular flexibility index (Phi) is 4.25. The van der Waals surface area contributed by atoms with Gasteiger partial charge in [0.2, 0.25) is 6.29 Å². The molecule has 5 atom stereocenters. The monoisotopic (exact) mass is 296 g/mol. The molecule has 0 aromatic rings. The molecule has 1 fully saturated rings. The lowest BCUT2D eigenvalue weighted by atomic mass is 10.0. The molecule has 11 heteroatoms. The van der Waals surface area contributed by atoms with Crippen molar-refractivity contribution in [3.8, 4) is 0 Å². The number of halogens is 3. The van der Waals surface area contributed by atoms with E-state index in [1.165, 1.54) is 0 Å². The van der Waals surface area contributed by atoms with Crippen LogP contribution in [-0.2, 0) is 19.0 Å². The van der Waals surface area contributed by atoms with Crippen molar-refractivity contribution in [1.29, 1.82) is 0 Å². The summed E-state index contributed by atoms with van der Waals surface area (Å²) in [6.07, 6.45) is -9.05. The predicted octanol–water partition coefficient (Wildman–Crippen LogP) is -1.32. The van der Waals surface area contributed by atoms with E-state index in [9.17, 15) is 36.9 Å². The van der Waals surface area contributed by atoms with E-state index in [1.54, 1.807) is 0 Å². The molecule has 0 aromatic heterocycles. The van der Waals surface area contributed by atoms with E-state index in [2.05, 4.69) is 8.92 Å². The van der Waals surface area contributed by atoms with Gasteiger partial charge in [-0.05, 0) is 6.92 Å². The zero-order chi connectivity index (χ0) is 14.3. The van der Waals surface area contributed by atoms with Gasteiger partial charge in [-0.25, -0.2) is 4.18 Å². The standard InChI is InChI=1S/C7H11F3O7S/c1-2-3(11)4(12)5(13)6(16-2)17-18(14,15)7(8,9)10/h2-6,11-13H,1H3/t2-,3-,4+,5+,6-/m0/s1. The summed E-state index contributed by atoms with van der Waals surface area (Å²) >= 11 is 0. The molecule has 0 saturated carbocycles. The van der Waals surface area contributed by atoms with Gasteiger partial charge in [-0.3, -0.25) is 0 Å². The van der Waals surface area contributed by atoms with Crippen LogP contribution >= 0.6 is 0 Å². The number of rotatable bonds is 2. The minimum Gasteiger partial charge on any atom is -0.388 e. The maximum Gasteiger partial charge on any atom is 0.523 e. The summed E-state index contributed by atoms with van der Waals surface area (Å²) in [5, 5.41) is 27.7. The third-order valence-electron chi connectivity index (χ3n) is 2.31. The molecule has 0 radical (unpaired) electrons. The summed E-state index contributed by atoms with van der Waals surface area (Å²) in [5.74, 6) is 0. The van der Waals surface area contributed by atoms with Crippen molar-refractivity contribution in [3.05, 3.63) is 0 Å². The number of hydrogen-bond acceptors (Lipinski definition) is 7. The summed E-state index contributed by atoms with van der Waals surface area (Å²) in [5.41, 5.74) is -5.68. The van der Waals surface area contributed by atoms with Gasteiger partial charge in [-0.2, -0.15) is 21.6 Å². The average Bonchev–Trinajstić information content (AvgIpc) is 2.21. The van der Waals surface area contributed by atoms with Crippen LogP contribution in [0.2, 0.25) is 0 Å². The van der Waals surface area contributed by atoms with Crippen LogP contribution in [0.15, 0.2) is 0 Å². The first-order valence-electron chi connectivity index (χ1n) is 4.66. The Morgan fingerprint density at radius 3 is 2.06 bits per heavy atom. The van der Waals surface area contributed by atoms with Crippen molar-refractivity contribution in [1.82, 2.24) is 0 Å². The van der Waals surface area contributed by atoms with Crippen LogP contribution in [0, 0.1) is 0 Å². The lowest BCUT2D eigenvalue weighted by molar-refractivity contribution is -0.269. The van der Waals surface area contributed by atoms with Crippen LogP contribution in [-0.4, -0.2) is 60.0 Å². The summed E-state index contributed by atoms with van der Waals surface area (Å²) < 4.78 is 65.6. The largest absolute Gasteiger partial charge is 0.523 e. The molecular formula is C7H11F3O7S. The van der Waals surface area contributed by atoms with Crippen molar-refractivity contribution in [3.63, 3.8) is 0 Å².